The van der Waals surface area contributed by atoms with Gasteiger partial charge in [-0.2, -0.15) is 0 Å². The molecule has 7 nitrogen and oxygen atoms in total. The normalized spacial score (nSPS) is 18.9. The molecule has 0 atom stereocenters. The second kappa shape index (κ2) is 12.7. The van der Waals surface area contributed by atoms with Crippen LogP contribution >= 0.6 is 35.3 Å². The molecule has 0 aliphatic carbocycles. The van der Waals surface area contributed by atoms with Crippen LogP contribution in [0.2, 0.25) is 0 Å². The topological polar surface area (TPSA) is 64.1 Å². The first-order valence-electron chi connectivity index (χ1n) is 10.5. The number of halogens is 1. The van der Waals surface area contributed by atoms with Crippen molar-refractivity contribution in [3.05, 3.63) is 16.1 Å². The molecule has 0 radical (unpaired) electrons. The number of carbonyl (C=O) groups is 1. The number of aliphatic imine (C=N–C) groups is 1. The zero-order valence-corrected chi connectivity index (χ0v) is 20.9. The number of guanidine groups is 1. The molecule has 0 saturated carbocycles. The van der Waals surface area contributed by atoms with Gasteiger partial charge >= 0.3 is 0 Å². The number of hydrogen-bond donors (Lipinski definition) is 1. The van der Waals surface area contributed by atoms with Crippen LogP contribution in [0.4, 0.5) is 0 Å². The Kier molecular flexibility index (Phi) is 10.6. The van der Waals surface area contributed by atoms with E-state index in [1.165, 1.54) is 17.7 Å². The van der Waals surface area contributed by atoms with Gasteiger partial charge < -0.3 is 15.1 Å². The predicted molar refractivity (Wildman–Crippen MR) is 130 cm³/mol. The van der Waals surface area contributed by atoms with Crippen molar-refractivity contribution in [2.75, 3.05) is 59.4 Å². The van der Waals surface area contributed by atoms with Crippen molar-refractivity contribution in [1.29, 1.82) is 0 Å². The zero-order chi connectivity index (χ0) is 19.8. The number of likely N-dealkylation sites (tertiary alicyclic amines) is 1. The van der Waals surface area contributed by atoms with Crippen LogP contribution in [-0.4, -0.2) is 91.0 Å². The summed E-state index contributed by atoms with van der Waals surface area (Å²) >= 11 is 1.75. The predicted octanol–water partition coefficient (Wildman–Crippen LogP) is 2.21. The van der Waals surface area contributed by atoms with E-state index in [9.17, 15) is 4.79 Å². The fraction of sp³-hybridized carbons (Fsp3) is 0.750. The van der Waals surface area contributed by atoms with Crippen molar-refractivity contribution in [3.8, 4) is 0 Å². The molecule has 1 amide bonds. The minimum absolute atomic E-state index is 0. The lowest BCUT2D eigenvalue weighted by atomic mass is 10.2. The van der Waals surface area contributed by atoms with Gasteiger partial charge in [0.05, 0.1) is 11.6 Å². The average molecular weight is 535 g/mol. The third-order valence-corrected chi connectivity index (χ3v) is 6.46. The molecule has 2 aliphatic heterocycles. The fourth-order valence-electron chi connectivity index (χ4n) is 3.86. The van der Waals surface area contributed by atoms with Gasteiger partial charge in [0.1, 0.15) is 0 Å². The molecule has 1 N–H and O–H groups in total. The molecular weight excluding hydrogens is 499 g/mol. The van der Waals surface area contributed by atoms with E-state index in [2.05, 4.69) is 36.9 Å². The molecule has 29 heavy (non-hydrogen) atoms. The maximum absolute atomic E-state index is 12.6. The SMILES string of the molecule is CN=C(NCCc1ncc(C)s1)N1CCN(CC(=O)N2CCCCCC2)CC1.I. The van der Waals surface area contributed by atoms with Gasteiger partial charge in [-0.1, -0.05) is 12.8 Å². The van der Waals surface area contributed by atoms with Crippen molar-refractivity contribution in [2.24, 2.45) is 4.99 Å². The summed E-state index contributed by atoms with van der Waals surface area (Å²) in [6.07, 6.45) is 7.68. The molecule has 0 aromatic carbocycles. The number of carbonyl (C=O) groups excluding carboxylic acids is 1. The molecule has 0 bridgehead atoms. The molecule has 0 spiro atoms. The van der Waals surface area contributed by atoms with Gasteiger partial charge in [0.2, 0.25) is 5.91 Å². The smallest absolute Gasteiger partial charge is 0.236 e. The van der Waals surface area contributed by atoms with Gasteiger partial charge in [-0.3, -0.25) is 14.7 Å². The van der Waals surface area contributed by atoms with Gasteiger partial charge in [-0.05, 0) is 19.8 Å². The summed E-state index contributed by atoms with van der Waals surface area (Å²) in [7, 11) is 1.84. The summed E-state index contributed by atoms with van der Waals surface area (Å²) in [5.74, 6) is 1.25. The first-order chi connectivity index (χ1) is 13.7. The molecule has 1 aromatic heterocycles. The maximum atomic E-state index is 12.6. The van der Waals surface area contributed by atoms with Crippen LogP contribution in [0.25, 0.3) is 0 Å². The van der Waals surface area contributed by atoms with Crippen LogP contribution < -0.4 is 5.32 Å². The summed E-state index contributed by atoms with van der Waals surface area (Å²) in [4.78, 5) is 29.4. The number of rotatable bonds is 5. The number of hydrogen-bond acceptors (Lipinski definition) is 5. The van der Waals surface area contributed by atoms with Gasteiger partial charge in [-0.15, -0.1) is 35.3 Å². The number of amides is 1. The molecular formula is C20H35IN6OS. The quantitative estimate of drug-likeness (QED) is 0.357. The summed E-state index contributed by atoms with van der Waals surface area (Å²) in [6, 6.07) is 0. The second-order valence-electron chi connectivity index (χ2n) is 7.65. The van der Waals surface area contributed by atoms with E-state index in [0.29, 0.717) is 12.5 Å². The van der Waals surface area contributed by atoms with E-state index in [1.807, 2.05) is 13.2 Å². The largest absolute Gasteiger partial charge is 0.356 e. The number of nitrogens with zero attached hydrogens (tertiary/aromatic N) is 5. The van der Waals surface area contributed by atoms with E-state index >= 15 is 0 Å². The van der Waals surface area contributed by atoms with E-state index < -0.39 is 0 Å². The van der Waals surface area contributed by atoms with E-state index in [4.69, 9.17) is 0 Å². The number of aryl methyl sites for hydroxylation is 1. The molecule has 3 rings (SSSR count). The average Bonchev–Trinajstić information content (AvgIpc) is 2.94. The van der Waals surface area contributed by atoms with Crippen LogP contribution in [0.5, 0.6) is 0 Å². The molecule has 9 heteroatoms. The lowest BCUT2D eigenvalue weighted by Crippen LogP contribution is -2.54. The Morgan fingerprint density at radius 3 is 2.38 bits per heavy atom. The molecule has 3 heterocycles. The number of aromatic nitrogens is 1. The highest BCUT2D eigenvalue weighted by Crippen LogP contribution is 2.12. The molecule has 0 unspecified atom stereocenters. The Bertz CT molecular complexity index is 651. The Morgan fingerprint density at radius 2 is 1.79 bits per heavy atom. The van der Waals surface area contributed by atoms with Crippen LogP contribution in [0.1, 0.15) is 35.6 Å². The third kappa shape index (κ3) is 7.67. The highest BCUT2D eigenvalue weighted by atomic mass is 127. The highest BCUT2D eigenvalue weighted by Gasteiger charge is 2.23. The van der Waals surface area contributed by atoms with Crippen LogP contribution in [0, 0.1) is 6.92 Å². The lowest BCUT2D eigenvalue weighted by Gasteiger charge is -2.37. The van der Waals surface area contributed by atoms with Gasteiger partial charge in [0.15, 0.2) is 5.96 Å². The summed E-state index contributed by atoms with van der Waals surface area (Å²) < 4.78 is 0. The van der Waals surface area contributed by atoms with Gasteiger partial charge in [0.25, 0.3) is 0 Å². The summed E-state index contributed by atoms with van der Waals surface area (Å²) in [6.45, 7) is 8.99. The molecule has 1 aromatic rings. The third-order valence-electron chi connectivity index (χ3n) is 5.49. The van der Waals surface area contributed by atoms with E-state index in [-0.39, 0.29) is 24.0 Å². The minimum atomic E-state index is 0. The maximum Gasteiger partial charge on any atom is 0.236 e. The molecule has 164 valence electrons. The van der Waals surface area contributed by atoms with Crippen molar-refractivity contribution in [1.82, 2.24) is 25.0 Å². The Morgan fingerprint density at radius 1 is 1.10 bits per heavy atom. The van der Waals surface area contributed by atoms with Crippen molar-refractivity contribution < 1.29 is 4.79 Å². The van der Waals surface area contributed by atoms with Crippen molar-refractivity contribution in [3.63, 3.8) is 0 Å². The summed E-state index contributed by atoms with van der Waals surface area (Å²) in [5.41, 5.74) is 0. The van der Waals surface area contributed by atoms with Crippen LogP contribution in [0.3, 0.4) is 0 Å². The van der Waals surface area contributed by atoms with Crippen molar-refractivity contribution in [2.45, 2.75) is 39.0 Å². The number of nitrogens with one attached hydrogen (secondary N) is 1. The van der Waals surface area contributed by atoms with E-state index in [1.54, 1.807) is 11.3 Å². The first kappa shape index (κ1) is 24.3. The van der Waals surface area contributed by atoms with Gasteiger partial charge in [-0.25, -0.2) is 4.98 Å². The van der Waals surface area contributed by atoms with Crippen molar-refractivity contribution >= 4 is 47.2 Å². The molecule has 2 aliphatic rings. The zero-order valence-electron chi connectivity index (χ0n) is 17.7. The highest BCUT2D eigenvalue weighted by molar-refractivity contribution is 14.0. The second-order valence-corrected chi connectivity index (χ2v) is 8.97. The Hall–Kier alpha value is -0.940. The lowest BCUT2D eigenvalue weighted by molar-refractivity contribution is -0.132. The standard InChI is InChI=1S/C20H34N6OS.HI/c1-17-15-23-18(28-17)7-8-22-20(21-2)26-13-11-24(12-14-26)16-19(27)25-9-5-3-4-6-10-25;/h15H,3-14,16H2,1-2H3,(H,21,22);1H. The number of piperazine rings is 1. The Balaban J connectivity index is 0.00000300. The molecule has 2 saturated heterocycles. The first-order valence-corrected chi connectivity index (χ1v) is 11.3. The Labute approximate surface area is 196 Å². The monoisotopic (exact) mass is 534 g/mol. The summed E-state index contributed by atoms with van der Waals surface area (Å²) in [5, 5.41) is 4.62. The van der Waals surface area contributed by atoms with Crippen LogP contribution in [-0.2, 0) is 11.2 Å². The van der Waals surface area contributed by atoms with Gasteiger partial charge in [0, 0.05) is 70.4 Å². The molecule has 2 fully saturated rings. The fourth-order valence-corrected chi connectivity index (χ4v) is 4.65. The minimum Gasteiger partial charge on any atom is -0.356 e. The van der Waals surface area contributed by atoms with E-state index in [0.717, 1.165) is 76.0 Å². The number of thiazole rings is 1. The van der Waals surface area contributed by atoms with Crippen LogP contribution in [0.15, 0.2) is 11.2 Å².